The van der Waals surface area contributed by atoms with Gasteiger partial charge in [-0.3, -0.25) is 9.30 Å². The fourth-order valence-corrected chi connectivity index (χ4v) is 3.73. The standard InChI is InChI=1S/C16H20N6OS/c1-20(15-3-2-4-17-19-15)11-14-12-21(5-7-23-14)9-13-10-22-6-8-24-16(22)18-13/h2-4,6,8,10,14H,5,7,9,11-12H2,1H3/t14-/m1/s1. The minimum Gasteiger partial charge on any atom is -0.374 e. The first kappa shape index (κ1) is 15.5. The number of morpholine rings is 1. The number of hydrogen-bond donors (Lipinski definition) is 0. The fourth-order valence-electron chi connectivity index (χ4n) is 3.01. The molecule has 3 aromatic rings. The lowest BCUT2D eigenvalue weighted by Gasteiger charge is -2.34. The van der Waals surface area contributed by atoms with Gasteiger partial charge in [0.25, 0.3) is 0 Å². The van der Waals surface area contributed by atoms with Crippen LogP contribution in [0.3, 0.4) is 0 Å². The van der Waals surface area contributed by atoms with Crippen LogP contribution in [0.2, 0.25) is 0 Å². The average Bonchev–Trinajstić information content (AvgIpc) is 3.17. The molecule has 1 atom stereocenters. The molecule has 0 amide bonds. The number of rotatable bonds is 5. The molecule has 7 nitrogen and oxygen atoms in total. The number of nitrogens with zero attached hydrogens (tertiary/aromatic N) is 6. The van der Waals surface area contributed by atoms with Gasteiger partial charge in [-0.2, -0.15) is 5.10 Å². The highest BCUT2D eigenvalue weighted by atomic mass is 32.1. The Kier molecular flexibility index (Phi) is 4.42. The molecule has 0 spiro atoms. The van der Waals surface area contributed by atoms with Crippen LogP contribution in [0.4, 0.5) is 5.82 Å². The Balaban J connectivity index is 1.36. The summed E-state index contributed by atoms with van der Waals surface area (Å²) in [5, 5.41) is 10.1. The minimum atomic E-state index is 0.162. The van der Waals surface area contributed by atoms with Crippen LogP contribution in [-0.4, -0.2) is 63.9 Å². The maximum absolute atomic E-state index is 5.93. The Morgan fingerprint density at radius 2 is 2.42 bits per heavy atom. The van der Waals surface area contributed by atoms with Gasteiger partial charge >= 0.3 is 0 Å². The van der Waals surface area contributed by atoms with Crippen LogP contribution in [0.25, 0.3) is 4.96 Å². The first-order valence-electron chi connectivity index (χ1n) is 8.02. The number of fused-ring (bicyclic) bond motifs is 1. The Hall–Kier alpha value is -2.03. The van der Waals surface area contributed by atoms with Crippen molar-refractivity contribution in [3.8, 4) is 0 Å². The SMILES string of the molecule is CN(C[C@@H]1CN(Cc2cn3ccsc3n2)CCO1)c1cccnn1. The van der Waals surface area contributed by atoms with E-state index < -0.39 is 0 Å². The van der Waals surface area contributed by atoms with Gasteiger partial charge in [0.2, 0.25) is 0 Å². The first-order chi connectivity index (χ1) is 11.8. The van der Waals surface area contributed by atoms with Gasteiger partial charge in [0.05, 0.1) is 18.4 Å². The zero-order valence-corrected chi connectivity index (χ0v) is 14.4. The summed E-state index contributed by atoms with van der Waals surface area (Å²) in [6, 6.07) is 3.86. The Morgan fingerprint density at radius 1 is 1.46 bits per heavy atom. The summed E-state index contributed by atoms with van der Waals surface area (Å²) in [5.74, 6) is 0.868. The smallest absolute Gasteiger partial charge is 0.193 e. The van der Waals surface area contributed by atoms with Crippen molar-refractivity contribution in [3.05, 3.63) is 41.8 Å². The van der Waals surface area contributed by atoms with E-state index in [0.29, 0.717) is 0 Å². The van der Waals surface area contributed by atoms with E-state index in [-0.39, 0.29) is 6.10 Å². The molecule has 0 unspecified atom stereocenters. The number of ether oxygens (including phenoxy) is 1. The summed E-state index contributed by atoms with van der Waals surface area (Å²) in [7, 11) is 2.02. The highest BCUT2D eigenvalue weighted by Crippen LogP contribution is 2.16. The molecule has 24 heavy (non-hydrogen) atoms. The third kappa shape index (κ3) is 3.40. The van der Waals surface area contributed by atoms with E-state index in [1.807, 2.05) is 19.2 Å². The van der Waals surface area contributed by atoms with E-state index in [9.17, 15) is 0 Å². The van der Waals surface area contributed by atoms with Crippen molar-refractivity contribution >= 4 is 22.1 Å². The first-order valence-corrected chi connectivity index (χ1v) is 8.90. The summed E-state index contributed by atoms with van der Waals surface area (Å²) in [4.78, 5) is 10.2. The number of likely N-dealkylation sites (N-methyl/N-ethyl adjacent to an activating group) is 1. The highest BCUT2D eigenvalue weighted by molar-refractivity contribution is 7.15. The van der Waals surface area contributed by atoms with Crippen LogP contribution in [-0.2, 0) is 11.3 Å². The van der Waals surface area contributed by atoms with E-state index >= 15 is 0 Å². The number of imidazole rings is 1. The predicted octanol–water partition coefficient (Wildman–Crippen LogP) is 1.52. The number of hydrogen-bond acceptors (Lipinski definition) is 7. The molecule has 0 aliphatic carbocycles. The molecule has 1 aliphatic rings. The maximum atomic E-state index is 5.93. The van der Waals surface area contributed by atoms with Crippen molar-refractivity contribution in [1.29, 1.82) is 0 Å². The second-order valence-electron chi connectivity index (χ2n) is 6.02. The normalized spacial score (nSPS) is 19.0. The van der Waals surface area contributed by atoms with E-state index in [4.69, 9.17) is 4.74 Å². The molecule has 126 valence electrons. The van der Waals surface area contributed by atoms with Crippen molar-refractivity contribution in [2.45, 2.75) is 12.6 Å². The fraction of sp³-hybridized carbons (Fsp3) is 0.438. The molecule has 0 radical (unpaired) electrons. The molecule has 0 bridgehead atoms. The topological polar surface area (TPSA) is 58.8 Å². The third-order valence-corrected chi connectivity index (χ3v) is 4.95. The molecular weight excluding hydrogens is 324 g/mol. The van der Waals surface area contributed by atoms with Crippen molar-refractivity contribution in [1.82, 2.24) is 24.5 Å². The number of aromatic nitrogens is 4. The summed E-state index contributed by atoms with van der Waals surface area (Å²) in [5.41, 5.74) is 1.12. The third-order valence-electron chi connectivity index (χ3n) is 4.18. The lowest BCUT2D eigenvalue weighted by Crippen LogP contribution is -2.46. The van der Waals surface area contributed by atoms with Gasteiger partial charge in [0, 0.05) is 57.2 Å². The largest absolute Gasteiger partial charge is 0.374 e. The second kappa shape index (κ2) is 6.84. The molecule has 1 saturated heterocycles. The Labute approximate surface area is 144 Å². The summed E-state index contributed by atoms with van der Waals surface area (Å²) in [6.45, 7) is 4.25. The molecule has 4 heterocycles. The molecular formula is C16H20N6OS. The summed E-state index contributed by atoms with van der Waals surface area (Å²) >= 11 is 1.67. The lowest BCUT2D eigenvalue weighted by atomic mass is 10.2. The molecule has 3 aromatic heterocycles. The molecule has 0 aromatic carbocycles. The Bertz CT molecular complexity index is 760. The highest BCUT2D eigenvalue weighted by Gasteiger charge is 2.23. The van der Waals surface area contributed by atoms with E-state index in [1.165, 1.54) is 0 Å². The monoisotopic (exact) mass is 344 g/mol. The zero-order chi connectivity index (χ0) is 16.4. The van der Waals surface area contributed by atoms with Crippen molar-refractivity contribution in [2.75, 3.05) is 38.2 Å². The minimum absolute atomic E-state index is 0.162. The van der Waals surface area contributed by atoms with Crippen LogP contribution >= 0.6 is 11.3 Å². The van der Waals surface area contributed by atoms with Crippen molar-refractivity contribution < 1.29 is 4.74 Å². The number of thiazole rings is 1. The molecule has 4 rings (SSSR count). The van der Waals surface area contributed by atoms with Crippen molar-refractivity contribution in [2.24, 2.45) is 0 Å². The molecule has 8 heteroatoms. The Morgan fingerprint density at radius 3 is 3.25 bits per heavy atom. The van der Waals surface area contributed by atoms with E-state index in [2.05, 4.69) is 47.2 Å². The van der Waals surface area contributed by atoms with Gasteiger partial charge in [-0.1, -0.05) is 0 Å². The molecule has 0 saturated carbocycles. The lowest BCUT2D eigenvalue weighted by molar-refractivity contribution is -0.0268. The second-order valence-corrected chi connectivity index (χ2v) is 6.89. The average molecular weight is 344 g/mol. The van der Waals surface area contributed by atoms with Gasteiger partial charge < -0.3 is 9.64 Å². The van der Waals surface area contributed by atoms with Crippen LogP contribution in [0.5, 0.6) is 0 Å². The van der Waals surface area contributed by atoms with E-state index in [1.54, 1.807) is 17.5 Å². The van der Waals surface area contributed by atoms with Crippen LogP contribution in [0.15, 0.2) is 36.1 Å². The van der Waals surface area contributed by atoms with Gasteiger partial charge in [0.1, 0.15) is 0 Å². The van der Waals surface area contributed by atoms with Gasteiger partial charge in [-0.15, -0.1) is 16.4 Å². The van der Waals surface area contributed by atoms with E-state index in [0.717, 1.165) is 49.3 Å². The summed E-state index contributed by atoms with van der Waals surface area (Å²) < 4.78 is 8.01. The van der Waals surface area contributed by atoms with Crippen LogP contribution < -0.4 is 4.90 Å². The number of anilines is 1. The predicted molar refractivity (Wildman–Crippen MR) is 93.4 cm³/mol. The zero-order valence-electron chi connectivity index (χ0n) is 13.6. The summed E-state index contributed by atoms with van der Waals surface area (Å²) in [6.07, 6.45) is 6.01. The maximum Gasteiger partial charge on any atom is 0.193 e. The van der Waals surface area contributed by atoms with Gasteiger partial charge in [-0.05, 0) is 12.1 Å². The van der Waals surface area contributed by atoms with Crippen molar-refractivity contribution in [3.63, 3.8) is 0 Å². The van der Waals surface area contributed by atoms with Gasteiger partial charge in [0.15, 0.2) is 10.8 Å². The van der Waals surface area contributed by atoms with Crippen LogP contribution in [0.1, 0.15) is 5.69 Å². The molecule has 1 fully saturated rings. The quantitative estimate of drug-likeness (QED) is 0.699. The molecule has 0 N–H and O–H groups in total. The molecule has 1 aliphatic heterocycles. The van der Waals surface area contributed by atoms with Gasteiger partial charge in [-0.25, -0.2) is 4.98 Å². The van der Waals surface area contributed by atoms with Crippen LogP contribution in [0, 0.1) is 0 Å².